The van der Waals surface area contributed by atoms with Crippen molar-refractivity contribution >= 4 is 12.0 Å². The van der Waals surface area contributed by atoms with Crippen molar-refractivity contribution in [2.45, 2.75) is 13.5 Å². The molecule has 0 atom stereocenters. The molecular formula is C17H23N5O4. The number of amides is 2. The first kappa shape index (κ1) is 19.1. The molecule has 0 aliphatic heterocycles. The normalized spacial score (nSPS) is 10.1. The van der Waals surface area contributed by atoms with Gasteiger partial charge in [-0.3, -0.25) is 9.78 Å². The van der Waals surface area contributed by atoms with Crippen LogP contribution in [0.2, 0.25) is 0 Å². The summed E-state index contributed by atoms with van der Waals surface area (Å²) in [6, 6.07) is 6.55. The smallest absolute Gasteiger partial charge is 0.315 e. The number of aromatic nitrogens is 2. The molecule has 1 heterocycles. The number of hydrogen-bond donors (Lipinski definition) is 4. The standard InChI is InChI=1S/C17H23N5O4/c1-11-8-15(23)22-16(21-11)18-6-7-19-17(24)20-10-12-4-5-13(25-2)14(9-12)26-3/h4-5,8-9H,6-7,10H2,1-3H3,(H2,19,20,24)(H2,18,21,22,23). The second kappa shape index (κ2) is 9.30. The maximum absolute atomic E-state index is 11.8. The van der Waals surface area contributed by atoms with Crippen LogP contribution < -0.4 is 31.0 Å². The van der Waals surface area contributed by atoms with Crippen molar-refractivity contribution < 1.29 is 14.3 Å². The molecule has 0 fully saturated rings. The van der Waals surface area contributed by atoms with Gasteiger partial charge in [0.05, 0.1) is 14.2 Å². The molecule has 26 heavy (non-hydrogen) atoms. The zero-order valence-electron chi connectivity index (χ0n) is 15.0. The summed E-state index contributed by atoms with van der Waals surface area (Å²) in [5, 5.41) is 8.42. The molecule has 140 valence electrons. The van der Waals surface area contributed by atoms with Crippen molar-refractivity contribution in [1.82, 2.24) is 20.6 Å². The summed E-state index contributed by atoms with van der Waals surface area (Å²) < 4.78 is 10.4. The fourth-order valence-electron chi connectivity index (χ4n) is 2.26. The highest BCUT2D eigenvalue weighted by atomic mass is 16.5. The average Bonchev–Trinajstić information content (AvgIpc) is 2.62. The molecule has 4 N–H and O–H groups in total. The van der Waals surface area contributed by atoms with E-state index in [4.69, 9.17) is 9.47 Å². The van der Waals surface area contributed by atoms with Crippen molar-refractivity contribution in [3.63, 3.8) is 0 Å². The Morgan fingerprint density at radius 3 is 2.58 bits per heavy atom. The number of hydrogen-bond acceptors (Lipinski definition) is 6. The molecule has 0 spiro atoms. The number of rotatable bonds is 8. The quantitative estimate of drug-likeness (QED) is 0.521. The number of nitrogens with one attached hydrogen (secondary N) is 4. The van der Waals surface area contributed by atoms with E-state index in [1.165, 1.54) is 6.07 Å². The lowest BCUT2D eigenvalue weighted by molar-refractivity contribution is 0.241. The SMILES string of the molecule is COc1ccc(CNC(=O)NCCNc2nc(C)cc(=O)[nH]2)cc1OC. The van der Waals surface area contributed by atoms with Gasteiger partial charge in [-0.15, -0.1) is 0 Å². The fourth-order valence-corrected chi connectivity index (χ4v) is 2.26. The monoisotopic (exact) mass is 361 g/mol. The second-order valence-corrected chi connectivity index (χ2v) is 5.46. The first-order valence-corrected chi connectivity index (χ1v) is 8.06. The van der Waals surface area contributed by atoms with E-state index in [-0.39, 0.29) is 11.6 Å². The molecule has 9 heteroatoms. The number of aryl methyl sites for hydroxylation is 1. The molecule has 0 aliphatic carbocycles. The minimum Gasteiger partial charge on any atom is -0.493 e. The van der Waals surface area contributed by atoms with Gasteiger partial charge in [-0.2, -0.15) is 0 Å². The Hall–Kier alpha value is -3.23. The Balaban J connectivity index is 1.73. The summed E-state index contributed by atoms with van der Waals surface area (Å²) in [5.74, 6) is 1.62. The van der Waals surface area contributed by atoms with Crippen molar-refractivity contribution in [1.29, 1.82) is 0 Å². The highest BCUT2D eigenvalue weighted by Crippen LogP contribution is 2.27. The second-order valence-electron chi connectivity index (χ2n) is 5.46. The summed E-state index contributed by atoms with van der Waals surface area (Å²) >= 11 is 0. The third-order valence-corrected chi connectivity index (χ3v) is 3.47. The van der Waals surface area contributed by atoms with Crippen LogP contribution in [0.15, 0.2) is 29.1 Å². The van der Waals surface area contributed by atoms with Crippen LogP contribution in [0.3, 0.4) is 0 Å². The van der Waals surface area contributed by atoms with Gasteiger partial charge in [0, 0.05) is 31.4 Å². The van der Waals surface area contributed by atoms with Crippen LogP contribution in [-0.2, 0) is 6.54 Å². The van der Waals surface area contributed by atoms with Crippen LogP contribution in [0, 0.1) is 6.92 Å². The van der Waals surface area contributed by atoms with Crippen molar-refractivity contribution in [3.05, 3.63) is 45.9 Å². The molecule has 2 amide bonds. The molecule has 0 aliphatic rings. The van der Waals surface area contributed by atoms with Gasteiger partial charge in [-0.05, 0) is 24.6 Å². The van der Waals surface area contributed by atoms with Gasteiger partial charge in [0.25, 0.3) is 5.56 Å². The van der Waals surface area contributed by atoms with E-state index in [9.17, 15) is 9.59 Å². The minimum atomic E-state index is -0.299. The molecular weight excluding hydrogens is 338 g/mol. The van der Waals surface area contributed by atoms with Crippen molar-refractivity contribution in [2.75, 3.05) is 32.6 Å². The molecule has 0 unspecified atom stereocenters. The fraction of sp³-hybridized carbons (Fsp3) is 0.353. The molecule has 9 nitrogen and oxygen atoms in total. The number of benzene rings is 1. The summed E-state index contributed by atoms with van der Waals surface area (Å²) in [5.41, 5.74) is 1.29. The van der Waals surface area contributed by atoms with Crippen LogP contribution in [0.4, 0.5) is 10.7 Å². The summed E-state index contributed by atoms with van der Waals surface area (Å²) in [6.07, 6.45) is 0. The third-order valence-electron chi connectivity index (χ3n) is 3.47. The van der Waals surface area contributed by atoms with E-state index in [0.29, 0.717) is 42.8 Å². The highest BCUT2D eigenvalue weighted by molar-refractivity contribution is 5.73. The Bertz CT molecular complexity index is 806. The molecule has 0 bridgehead atoms. The van der Waals surface area contributed by atoms with E-state index < -0.39 is 0 Å². The van der Waals surface area contributed by atoms with E-state index in [2.05, 4.69) is 25.9 Å². The van der Waals surface area contributed by atoms with E-state index in [1.807, 2.05) is 6.07 Å². The summed E-state index contributed by atoms with van der Waals surface area (Å²) in [7, 11) is 3.13. The number of carbonyl (C=O) groups excluding carboxylic acids is 1. The predicted octanol–water partition coefficient (Wildman–Crippen LogP) is 1.01. The van der Waals surface area contributed by atoms with Gasteiger partial charge in [0.1, 0.15) is 0 Å². The van der Waals surface area contributed by atoms with Gasteiger partial charge in [-0.1, -0.05) is 6.07 Å². The molecule has 1 aromatic carbocycles. The number of aromatic amines is 1. The summed E-state index contributed by atoms with van der Waals surface area (Å²) in [4.78, 5) is 29.9. The molecule has 0 saturated heterocycles. The minimum absolute atomic E-state index is 0.222. The largest absolute Gasteiger partial charge is 0.493 e. The van der Waals surface area contributed by atoms with E-state index in [1.54, 1.807) is 33.3 Å². The van der Waals surface area contributed by atoms with Crippen LogP contribution in [0.5, 0.6) is 11.5 Å². The lowest BCUT2D eigenvalue weighted by Gasteiger charge is -2.11. The van der Waals surface area contributed by atoms with Crippen molar-refractivity contribution in [2.24, 2.45) is 0 Å². The van der Waals surface area contributed by atoms with E-state index in [0.717, 1.165) is 5.56 Å². The first-order valence-electron chi connectivity index (χ1n) is 8.06. The maximum atomic E-state index is 11.8. The number of nitrogens with zero attached hydrogens (tertiary/aromatic N) is 1. The van der Waals surface area contributed by atoms with Crippen molar-refractivity contribution in [3.8, 4) is 11.5 Å². The Kier molecular flexibility index (Phi) is 6.84. The molecule has 0 radical (unpaired) electrons. The highest BCUT2D eigenvalue weighted by Gasteiger charge is 2.06. The zero-order valence-corrected chi connectivity index (χ0v) is 15.0. The number of ether oxygens (including phenoxy) is 2. The zero-order chi connectivity index (χ0) is 18.9. The third kappa shape index (κ3) is 5.69. The number of anilines is 1. The predicted molar refractivity (Wildman–Crippen MR) is 97.9 cm³/mol. The van der Waals surface area contributed by atoms with Crippen LogP contribution in [0.1, 0.15) is 11.3 Å². The molecule has 0 saturated carbocycles. The number of H-pyrrole nitrogens is 1. The van der Waals surface area contributed by atoms with Gasteiger partial charge >= 0.3 is 6.03 Å². The Morgan fingerprint density at radius 1 is 1.12 bits per heavy atom. The van der Waals surface area contributed by atoms with Gasteiger partial charge in [0.2, 0.25) is 5.95 Å². The lowest BCUT2D eigenvalue weighted by Crippen LogP contribution is -2.37. The first-order chi connectivity index (χ1) is 12.5. The Morgan fingerprint density at radius 2 is 1.88 bits per heavy atom. The molecule has 1 aromatic heterocycles. The van der Waals surface area contributed by atoms with Gasteiger partial charge in [0.15, 0.2) is 11.5 Å². The number of urea groups is 1. The average molecular weight is 361 g/mol. The molecule has 2 aromatic rings. The summed E-state index contributed by atoms with van der Waals surface area (Å²) in [6.45, 7) is 2.89. The maximum Gasteiger partial charge on any atom is 0.315 e. The van der Waals surface area contributed by atoms with E-state index >= 15 is 0 Å². The van der Waals surface area contributed by atoms with Crippen LogP contribution in [-0.4, -0.2) is 43.3 Å². The Labute approximate surface area is 151 Å². The van der Waals surface area contributed by atoms with Crippen LogP contribution in [0.25, 0.3) is 0 Å². The van der Waals surface area contributed by atoms with Gasteiger partial charge in [-0.25, -0.2) is 9.78 Å². The number of carbonyl (C=O) groups is 1. The molecule has 2 rings (SSSR count). The number of methoxy groups -OCH3 is 2. The van der Waals surface area contributed by atoms with Gasteiger partial charge < -0.3 is 25.4 Å². The van der Waals surface area contributed by atoms with Crippen LogP contribution >= 0.6 is 0 Å². The topological polar surface area (TPSA) is 117 Å². The lowest BCUT2D eigenvalue weighted by atomic mass is 10.2.